The lowest BCUT2D eigenvalue weighted by molar-refractivity contribution is -0.151. The molecule has 0 bridgehead atoms. The Morgan fingerprint density at radius 2 is 0.857 bits per heavy atom. The van der Waals surface area contributed by atoms with Crippen LogP contribution in [0.3, 0.4) is 0 Å². The van der Waals surface area contributed by atoms with Crippen molar-refractivity contribution in [2.45, 2.75) is 289 Å². The molecule has 0 saturated heterocycles. The Hall–Kier alpha value is -1.40. The molecule has 332 valence electrons. The summed E-state index contributed by atoms with van der Waals surface area (Å²) in [5.41, 5.74) is 0. The summed E-state index contributed by atoms with van der Waals surface area (Å²) in [5.74, 6) is -0.470. The van der Waals surface area contributed by atoms with E-state index in [-0.39, 0.29) is 24.9 Å². The van der Waals surface area contributed by atoms with Crippen LogP contribution in [0, 0.1) is 0 Å². The largest absolute Gasteiger partial charge is 0.462 e. The first-order valence-corrected chi connectivity index (χ1v) is 24.9. The fraction of sp³-hybridized carbons (Fsp3) is 0.920. The van der Waals surface area contributed by atoms with Gasteiger partial charge < -0.3 is 20.3 Å². The summed E-state index contributed by atoms with van der Waals surface area (Å²) in [7, 11) is 0. The van der Waals surface area contributed by atoms with Gasteiger partial charge in [-0.15, -0.1) is 0 Å². The number of allylic oxidation sites excluding steroid dienone is 2. The Bertz CT molecular complexity index is 847. The van der Waals surface area contributed by atoms with Gasteiger partial charge in [-0.1, -0.05) is 219 Å². The normalized spacial score (nSPS) is 13.3. The van der Waals surface area contributed by atoms with E-state index in [4.69, 9.17) is 4.74 Å². The molecular formula is C50H97NO5. The summed E-state index contributed by atoms with van der Waals surface area (Å²) in [4.78, 5) is 26.0. The minimum atomic E-state index is -0.780. The van der Waals surface area contributed by atoms with E-state index in [0.717, 1.165) is 44.9 Å². The van der Waals surface area contributed by atoms with Crippen molar-refractivity contribution in [3.05, 3.63) is 12.2 Å². The van der Waals surface area contributed by atoms with Gasteiger partial charge in [0.25, 0.3) is 0 Å². The van der Waals surface area contributed by atoms with E-state index in [1.54, 1.807) is 0 Å². The first kappa shape index (κ1) is 54.6. The molecule has 0 fully saturated rings. The van der Waals surface area contributed by atoms with Crippen molar-refractivity contribution in [1.29, 1.82) is 0 Å². The highest BCUT2D eigenvalue weighted by atomic mass is 16.5. The highest BCUT2D eigenvalue weighted by Crippen LogP contribution is 2.18. The number of carbonyl (C=O) groups excluding carboxylic acids is 2. The third-order valence-electron chi connectivity index (χ3n) is 11.6. The Labute approximate surface area is 349 Å². The zero-order chi connectivity index (χ0) is 41.0. The van der Waals surface area contributed by atoms with Gasteiger partial charge in [-0.2, -0.15) is 0 Å². The number of carbonyl (C=O) groups is 2. The van der Waals surface area contributed by atoms with Crippen molar-refractivity contribution in [3.63, 3.8) is 0 Å². The Balaban J connectivity index is 4.35. The summed E-state index contributed by atoms with van der Waals surface area (Å²) in [6, 6.07) is -0.693. The quantitative estimate of drug-likeness (QED) is 0.0324. The number of nitrogens with one attached hydrogen (secondary N) is 1. The van der Waals surface area contributed by atoms with Gasteiger partial charge in [0.1, 0.15) is 6.10 Å². The van der Waals surface area contributed by atoms with Crippen molar-refractivity contribution in [2.75, 3.05) is 6.61 Å². The molecule has 0 saturated carbocycles. The number of amides is 1. The van der Waals surface area contributed by atoms with Crippen LogP contribution < -0.4 is 5.32 Å². The number of hydrogen-bond acceptors (Lipinski definition) is 5. The van der Waals surface area contributed by atoms with E-state index in [9.17, 15) is 19.8 Å². The van der Waals surface area contributed by atoms with E-state index in [1.165, 1.54) is 180 Å². The first-order valence-electron chi connectivity index (χ1n) is 24.9. The van der Waals surface area contributed by atoms with Crippen LogP contribution in [-0.4, -0.2) is 46.9 Å². The molecule has 0 aliphatic heterocycles. The third kappa shape index (κ3) is 39.4. The lowest BCUT2D eigenvalue weighted by Crippen LogP contribution is -2.46. The standard InChI is InChI=1S/C50H97NO5/c1-4-7-10-13-16-18-20-22-23-24-25-27-29-31-34-37-40-43-50(55)56-46(41-38-35-32-15-12-9-6-3)44-49(54)51-47(45-52)48(53)42-39-36-33-30-28-26-21-19-17-14-11-8-5-2/h22-23,46-48,52-53H,4-21,24-45H2,1-3H3,(H,51,54)/b23-22+. The molecule has 0 aromatic carbocycles. The van der Waals surface area contributed by atoms with Crippen LogP contribution in [0.5, 0.6) is 0 Å². The first-order chi connectivity index (χ1) is 27.5. The van der Waals surface area contributed by atoms with Crippen molar-refractivity contribution in [1.82, 2.24) is 5.32 Å². The zero-order valence-corrected chi connectivity index (χ0v) is 37.8. The maximum Gasteiger partial charge on any atom is 0.306 e. The number of aliphatic hydroxyl groups is 2. The minimum Gasteiger partial charge on any atom is -0.462 e. The molecular weight excluding hydrogens is 695 g/mol. The van der Waals surface area contributed by atoms with Crippen molar-refractivity contribution >= 4 is 11.9 Å². The highest BCUT2D eigenvalue weighted by Gasteiger charge is 2.24. The van der Waals surface area contributed by atoms with E-state index in [0.29, 0.717) is 19.3 Å². The van der Waals surface area contributed by atoms with Gasteiger partial charge in [0.15, 0.2) is 0 Å². The van der Waals surface area contributed by atoms with E-state index in [1.807, 2.05) is 0 Å². The predicted octanol–water partition coefficient (Wildman–Crippen LogP) is 14.6. The molecule has 0 aromatic heterocycles. The second kappa shape index (κ2) is 44.7. The van der Waals surface area contributed by atoms with Crippen LogP contribution >= 0.6 is 0 Å². The molecule has 0 rings (SSSR count). The molecule has 56 heavy (non-hydrogen) atoms. The molecule has 6 nitrogen and oxygen atoms in total. The van der Waals surface area contributed by atoms with E-state index >= 15 is 0 Å². The average Bonchev–Trinajstić information content (AvgIpc) is 3.19. The molecule has 3 atom stereocenters. The number of aliphatic hydroxyl groups excluding tert-OH is 2. The molecule has 0 spiro atoms. The van der Waals surface area contributed by atoms with Gasteiger partial charge in [-0.25, -0.2) is 0 Å². The van der Waals surface area contributed by atoms with Gasteiger partial charge in [0.05, 0.1) is 25.2 Å². The van der Waals surface area contributed by atoms with Crippen LogP contribution in [0.1, 0.15) is 271 Å². The predicted molar refractivity (Wildman–Crippen MR) is 241 cm³/mol. The SMILES string of the molecule is CCCCCCCC/C=C/CCCCCCCCCC(=O)OC(CCCCCCCCC)CC(=O)NC(CO)C(O)CCCCCCCCCCCCCCC. The average molecular weight is 792 g/mol. The number of rotatable bonds is 45. The van der Waals surface area contributed by atoms with Gasteiger partial charge in [0, 0.05) is 6.42 Å². The van der Waals surface area contributed by atoms with E-state index < -0.39 is 18.2 Å². The Morgan fingerprint density at radius 1 is 0.500 bits per heavy atom. The molecule has 1 amide bonds. The lowest BCUT2D eigenvalue weighted by atomic mass is 10.0. The van der Waals surface area contributed by atoms with Crippen molar-refractivity contribution in [2.24, 2.45) is 0 Å². The van der Waals surface area contributed by atoms with Crippen LogP contribution in [0.4, 0.5) is 0 Å². The summed E-state index contributed by atoms with van der Waals surface area (Å²) in [6.07, 6.45) is 48.5. The van der Waals surface area contributed by atoms with E-state index in [2.05, 4.69) is 38.2 Å². The smallest absolute Gasteiger partial charge is 0.306 e. The summed E-state index contributed by atoms with van der Waals surface area (Å²) >= 11 is 0. The Morgan fingerprint density at radius 3 is 1.27 bits per heavy atom. The van der Waals surface area contributed by atoms with Crippen LogP contribution in [0.15, 0.2) is 12.2 Å². The van der Waals surface area contributed by atoms with Crippen LogP contribution in [0.25, 0.3) is 0 Å². The molecule has 0 heterocycles. The lowest BCUT2D eigenvalue weighted by Gasteiger charge is -2.24. The summed E-state index contributed by atoms with van der Waals surface area (Å²) in [6.45, 7) is 6.46. The number of esters is 1. The third-order valence-corrected chi connectivity index (χ3v) is 11.6. The molecule has 3 unspecified atom stereocenters. The Kier molecular flexibility index (Phi) is 43.6. The second-order valence-corrected chi connectivity index (χ2v) is 17.2. The molecule has 0 aromatic rings. The molecule has 0 aliphatic carbocycles. The number of unbranched alkanes of at least 4 members (excludes halogenated alkanes) is 31. The summed E-state index contributed by atoms with van der Waals surface area (Å²) in [5, 5.41) is 23.7. The highest BCUT2D eigenvalue weighted by molar-refractivity contribution is 5.77. The monoisotopic (exact) mass is 792 g/mol. The topological polar surface area (TPSA) is 95.9 Å². The number of ether oxygens (including phenoxy) is 1. The molecule has 0 radical (unpaired) electrons. The molecule has 3 N–H and O–H groups in total. The maximum absolute atomic E-state index is 13.1. The van der Waals surface area contributed by atoms with Crippen LogP contribution in [0.2, 0.25) is 0 Å². The van der Waals surface area contributed by atoms with Crippen LogP contribution in [-0.2, 0) is 14.3 Å². The zero-order valence-electron chi connectivity index (χ0n) is 37.8. The second-order valence-electron chi connectivity index (χ2n) is 17.2. The fourth-order valence-electron chi connectivity index (χ4n) is 7.78. The van der Waals surface area contributed by atoms with Gasteiger partial charge in [-0.3, -0.25) is 9.59 Å². The molecule has 0 aliphatic rings. The fourth-order valence-corrected chi connectivity index (χ4v) is 7.78. The van der Waals surface area contributed by atoms with Gasteiger partial charge in [-0.05, 0) is 51.4 Å². The number of hydrogen-bond donors (Lipinski definition) is 3. The summed E-state index contributed by atoms with van der Waals surface area (Å²) < 4.78 is 5.89. The van der Waals surface area contributed by atoms with Crippen molar-refractivity contribution < 1.29 is 24.5 Å². The van der Waals surface area contributed by atoms with Gasteiger partial charge in [0.2, 0.25) is 5.91 Å². The maximum atomic E-state index is 13.1. The minimum absolute atomic E-state index is 0.0811. The van der Waals surface area contributed by atoms with Crippen molar-refractivity contribution in [3.8, 4) is 0 Å². The van der Waals surface area contributed by atoms with Gasteiger partial charge >= 0.3 is 5.97 Å². The molecule has 6 heteroatoms.